The van der Waals surface area contributed by atoms with Gasteiger partial charge in [-0.05, 0) is 13.8 Å². The van der Waals surface area contributed by atoms with Crippen LogP contribution in [0.1, 0.15) is 34.1 Å². The van der Waals surface area contributed by atoms with Crippen LogP contribution in [0.2, 0.25) is 0 Å². The molecule has 86 valence electrons. The highest BCUT2D eigenvalue weighted by atomic mass is 16.5. The zero-order valence-electron chi connectivity index (χ0n) is 10.0. The summed E-state index contributed by atoms with van der Waals surface area (Å²) < 4.78 is 5.17. The molecule has 2 unspecified atom stereocenters. The minimum absolute atomic E-state index is 0.0318. The molecule has 1 saturated heterocycles. The lowest BCUT2D eigenvalue weighted by Gasteiger charge is -2.47. The number of rotatable bonds is 1. The molecule has 1 rings (SSSR count). The van der Waals surface area contributed by atoms with Crippen molar-refractivity contribution < 1.29 is 14.3 Å². The number of hydrogen-bond donors (Lipinski definition) is 0. The number of nitrogens with zero attached hydrogens (tertiary/aromatic N) is 1. The molecule has 2 atom stereocenters. The molecule has 0 aromatic rings. The fourth-order valence-corrected chi connectivity index (χ4v) is 1.92. The second-order valence-corrected chi connectivity index (χ2v) is 4.75. The zero-order chi connectivity index (χ0) is 11.8. The lowest BCUT2D eigenvalue weighted by Crippen LogP contribution is -2.58. The highest BCUT2D eigenvalue weighted by molar-refractivity contribution is 5.79. The number of esters is 1. The first kappa shape index (κ1) is 12.0. The monoisotopic (exact) mass is 213 g/mol. The Hall–Kier alpha value is -1.06. The van der Waals surface area contributed by atoms with Gasteiger partial charge in [-0.25, -0.2) is 0 Å². The molecule has 0 bridgehead atoms. The van der Waals surface area contributed by atoms with Gasteiger partial charge in [0.2, 0.25) is 5.91 Å². The van der Waals surface area contributed by atoms with Crippen molar-refractivity contribution in [1.82, 2.24) is 4.90 Å². The lowest BCUT2D eigenvalue weighted by molar-refractivity contribution is -0.165. The second-order valence-electron chi connectivity index (χ2n) is 4.75. The number of carbonyl (C=O) groups is 2. The molecular weight excluding hydrogens is 194 g/mol. The van der Waals surface area contributed by atoms with Crippen LogP contribution in [-0.2, 0) is 14.3 Å². The Morgan fingerprint density at radius 1 is 1.53 bits per heavy atom. The van der Waals surface area contributed by atoms with Crippen molar-refractivity contribution in [1.29, 1.82) is 0 Å². The van der Waals surface area contributed by atoms with Crippen LogP contribution in [0.15, 0.2) is 0 Å². The third-order valence-electron chi connectivity index (χ3n) is 3.60. The van der Waals surface area contributed by atoms with Crippen molar-refractivity contribution in [2.45, 2.75) is 45.8 Å². The summed E-state index contributed by atoms with van der Waals surface area (Å²) in [5.41, 5.74) is -0.268. The van der Waals surface area contributed by atoms with Crippen LogP contribution in [0.25, 0.3) is 0 Å². The van der Waals surface area contributed by atoms with Crippen molar-refractivity contribution in [3.63, 3.8) is 0 Å². The molecule has 1 amide bonds. The largest absolute Gasteiger partial charge is 0.462 e. The van der Waals surface area contributed by atoms with E-state index in [1.54, 1.807) is 11.9 Å². The molecule has 0 aromatic carbocycles. The highest BCUT2D eigenvalue weighted by Crippen LogP contribution is 2.34. The predicted octanol–water partition coefficient (Wildman–Crippen LogP) is 1.19. The number of ether oxygens (including phenoxy) is 1. The van der Waals surface area contributed by atoms with Crippen LogP contribution in [0, 0.1) is 5.92 Å². The van der Waals surface area contributed by atoms with E-state index >= 15 is 0 Å². The van der Waals surface area contributed by atoms with Gasteiger partial charge in [0.25, 0.3) is 0 Å². The van der Waals surface area contributed by atoms with Gasteiger partial charge in [0.15, 0.2) is 0 Å². The molecule has 0 saturated carbocycles. The normalized spacial score (nSPS) is 30.2. The van der Waals surface area contributed by atoms with E-state index in [0.29, 0.717) is 6.42 Å². The smallest absolute Gasteiger partial charge is 0.302 e. The highest BCUT2D eigenvalue weighted by Gasteiger charge is 2.44. The summed E-state index contributed by atoms with van der Waals surface area (Å²) >= 11 is 0. The molecule has 1 heterocycles. The van der Waals surface area contributed by atoms with E-state index < -0.39 is 0 Å². The second kappa shape index (κ2) is 3.83. The maximum absolute atomic E-state index is 11.7. The Bertz CT molecular complexity index is 286. The maximum Gasteiger partial charge on any atom is 0.302 e. The molecular formula is C11H19NO3. The fraction of sp³-hybridized carbons (Fsp3) is 0.818. The van der Waals surface area contributed by atoms with Gasteiger partial charge in [-0.15, -0.1) is 0 Å². The topological polar surface area (TPSA) is 46.6 Å². The molecule has 4 nitrogen and oxygen atoms in total. The number of piperidine rings is 1. The van der Waals surface area contributed by atoms with Crippen molar-refractivity contribution in [2.75, 3.05) is 7.05 Å². The van der Waals surface area contributed by atoms with Gasteiger partial charge < -0.3 is 9.64 Å². The summed E-state index contributed by atoms with van der Waals surface area (Å²) in [5.74, 6) is -0.145. The van der Waals surface area contributed by atoms with Crippen molar-refractivity contribution >= 4 is 11.9 Å². The van der Waals surface area contributed by atoms with Crippen LogP contribution in [0.4, 0.5) is 0 Å². The molecule has 0 aromatic heterocycles. The van der Waals surface area contributed by atoms with Crippen LogP contribution < -0.4 is 0 Å². The Morgan fingerprint density at radius 3 is 2.53 bits per heavy atom. The summed E-state index contributed by atoms with van der Waals surface area (Å²) in [6.45, 7) is 7.37. The number of likely N-dealkylation sites (tertiary alicyclic amines) is 1. The summed E-state index contributed by atoms with van der Waals surface area (Å²) in [6, 6.07) is 0. The molecule has 1 fully saturated rings. The van der Waals surface area contributed by atoms with Gasteiger partial charge in [0.1, 0.15) is 6.10 Å². The molecule has 1 aliphatic rings. The first-order valence-corrected chi connectivity index (χ1v) is 5.20. The Kier molecular flexibility index (Phi) is 3.07. The van der Waals surface area contributed by atoms with Gasteiger partial charge in [0.05, 0.1) is 6.42 Å². The van der Waals surface area contributed by atoms with Crippen molar-refractivity contribution in [3.8, 4) is 0 Å². The summed E-state index contributed by atoms with van der Waals surface area (Å²) in [4.78, 5) is 24.3. The van der Waals surface area contributed by atoms with E-state index in [1.807, 2.05) is 20.8 Å². The Labute approximate surface area is 90.6 Å². The molecule has 0 aliphatic carbocycles. The van der Waals surface area contributed by atoms with Crippen LogP contribution in [-0.4, -0.2) is 35.5 Å². The first-order valence-electron chi connectivity index (χ1n) is 5.20. The fourth-order valence-electron chi connectivity index (χ4n) is 1.92. The minimum Gasteiger partial charge on any atom is -0.462 e. The molecule has 4 heteroatoms. The Morgan fingerprint density at radius 2 is 2.07 bits per heavy atom. The van der Waals surface area contributed by atoms with E-state index in [9.17, 15) is 9.59 Å². The molecule has 15 heavy (non-hydrogen) atoms. The van der Waals surface area contributed by atoms with Crippen molar-refractivity contribution in [3.05, 3.63) is 0 Å². The van der Waals surface area contributed by atoms with Crippen LogP contribution in [0.3, 0.4) is 0 Å². The standard InChI is InChI=1S/C11H19NO3/c1-7-9(15-8(2)13)6-10(14)12(5)11(7,3)4/h7,9H,6H2,1-5H3. The predicted molar refractivity (Wildman–Crippen MR) is 56.2 cm³/mol. The Balaban J connectivity index is 2.86. The van der Waals surface area contributed by atoms with Gasteiger partial charge in [-0.2, -0.15) is 0 Å². The average molecular weight is 213 g/mol. The summed E-state index contributed by atoms with van der Waals surface area (Å²) in [6.07, 6.45) is 0.00178. The van der Waals surface area contributed by atoms with Crippen LogP contribution >= 0.6 is 0 Å². The number of carbonyl (C=O) groups excluding carboxylic acids is 2. The zero-order valence-corrected chi connectivity index (χ0v) is 10.0. The molecule has 0 radical (unpaired) electrons. The van der Waals surface area contributed by atoms with E-state index in [4.69, 9.17) is 4.74 Å². The number of amides is 1. The minimum atomic E-state index is -0.319. The summed E-state index contributed by atoms with van der Waals surface area (Å²) in [5, 5.41) is 0. The molecule has 0 N–H and O–H groups in total. The van der Waals surface area contributed by atoms with E-state index in [2.05, 4.69) is 0 Å². The summed E-state index contributed by atoms with van der Waals surface area (Å²) in [7, 11) is 1.79. The lowest BCUT2D eigenvalue weighted by atomic mass is 9.78. The van der Waals surface area contributed by atoms with E-state index in [1.165, 1.54) is 6.92 Å². The molecule has 0 spiro atoms. The third-order valence-corrected chi connectivity index (χ3v) is 3.60. The van der Waals surface area contributed by atoms with Crippen LogP contribution in [0.5, 0.6) is 0 Å². The van der Waals surface area contributed by atoms with Gasteiger partial charge >= 0.3 is 5.97 Å². The number of hydrogen-bond acceptors (Lipinski definition) is 3. The molecule has 1 aliphatic heterocycles. The van der Waals surface area contributed by atoms with Gasteiger partial charge in [0, 0.05) is 25.4 Å². The quantitative estimate of drug-likeness (QED) is 0.615. The maximum atomic E-state index is 11.7. The van der Waals surface area contributed by atoms with Gasteiger partial charge in [-0.1, -0.05) is 6.92 Å². The van der Waals surface area contributed by atoms with E-state index in [0.717, 1.165) is 0 Å². The van der Waals surface area contributed by atoms with E-state index in [-0.39, 0.29) is 29.4 Å². The third kappa shape index (κ3) is 2.13. The first-order chi connectivity index (χ1) is 6.76. The van der Waals surface area contributed by atoms with Gasteiger partial charge in [-0.3, -0.25) is 9.59 Å². The van der Waals surface area contributed by atoms with Crippen molar-refractivity contribution in [2.24, 2.45) is 5.92 Å². The SMILES string of the molecule is CC(=O)OC1CC(=O)N(C)C(C)(C)C1C. The average Bonchev–Trinajstić information content (AvgIpc) is 2.11.